The Hall–Kier alpha value is -2.74. The van der Waals surface area contributed by atoms with Crippen LogP contribution in [0.5, 0.6) is 0 Å². The molecule has 1 amide bonds. The first-order valence-electron chi connectivity index (χ1n) is 16.4. The summed E-state index contributed by atoms with van der Waals surface area (Å²) in [6, 6.07) is -1.09. The number of unbranched alkanes of at least 4 members (excludes halogenated alkanes) is 5. The lowest BCUT2D eigenvalue weighted by Gasteiger charge is -2.21. The van der Waals surface area contributed by atoms with Gasteiger partial charge in [-0.3, -0.25) is 9.35 Å². The molecule has 0 rings (SSSR count). The molecule has 0 bridgehead atoms. The average Bonchev–Trinajstić information content (AvgIpc) is 2.98. The number of carbonyl (C=O) groups excluding carboxylic acids is 1. The van der Waals surface area contributed by atoms with Crippen molar-refractivity contribution >= 4 is 16.0 Å². The topological polar surface area (TPSA) is 104 Å². The van der Waals surface area contributed by atoms with Crippen LogP contribution in [0, 0.1) is 0 Å². The Morgan fingerprint density at radius 1 is 0.636 bits per heavy atom. The maximum atomic E-state index is 12.3. The van der Waals surface area contributed by atoms with E-state index in [1.165, 1.54) is 6.08 Å². The Morgan fingerprint density at radius 3 is 1.55 bits per heavy atom. The summed E-state index contributed by atoms with van der Waals surface area (Å²) >= 11 is 0. The third-order valence-corrected chi connectivity index (χ3v) is 7.30. The minimum absolute atomic E-state index is 0.208. The van der Waals surface area contributed by atoms with Gasteiger partial charge < -0.3 is 10.4 Å². The molecule has 0 aliphatic heterocycles. The van der Waals surface area contributed by atoms with Crippen molar-refractivity contribution in [1.29, 1.82) is 0 Å². The summed E-state index contributed by atoms with van der Waals surface area (Å²) in [6.07, 6.45) is 45.7. The standard InChI is InChI=1S/C37H59NO5S/c1-3-5-7-9-11-12-13-14-15-16-17-18-19-20-21-22-23-24-25-26-27-29-31-33-37(40)38-35(34-44(41,42)43)36(39)32-30-28-10-8-6-4-2/h5,7,11-12,14-15,17-18,20-21,23-24,26-27,30,32,35-36,39H,3-4,6,8-10,13,16,19,22,25,28-29,31,33-34H2,1-2H3,(H,38,40)(H,41,42,43)/b7-5-,12-11-,15-14-,18-17-,21-20-,24-23-,27-26-,32-30+. The van der Waals surface area contributed by atoms with Crippen LogP contribution in [0.25, 0.3) is 0 Å². The van der Waals surface area contributed by atoms with Crippen molar-refractivity contribution < 1.29 is 22.9 Å². The summed E-state index contributed by atoms with van der Waals surface area (Å²) < 4.78 is 32.0. The van der Waals surface area contributed by atoms with E-state index in [2.05, 4.69) is 98.2 Å². The fourth-order valence-electron chi connectivity index (χ4n) is 4.08. The zero-order valence-electron chi connectivity index (χ0n) is 27.2. The lowest BCUT2D eigenvalue weighted by molar-refractivity contribution is -0.122. The van der Waals surface area contributed by atoms with Gasteiger partial charge in [0.05, 0.1) is 17.9 Å². The summed E-state index contributed by atoms with van der Waals surface area (Å²) in [4.78, 5) is 12.3. The third-order valence-electron chi connectivity index (χ3n) is 6.52. The molecular weight excluding hydrogens is 570 g/mol. The summed E-state index contributed by atoms with van der Waals surface area (Å²) in [5.41, 5.74) is 0. The number of aliphatic hydroxyl groups is 1. The lowest BCUT2D eigenvalue weighted by atomic mass is 10.1. The van der Waals surface area contributed by atoms with Gasteiger partial charge in [0, 0.05) is 6.42 Å². The SMILES string of the molecule is CC/C=C\C/C=C\C/C=C\C/C=C\C/C=C\C/C=C\C/C=C\CCCC(=O)NC(CS(=O)(=O)O)C(O)/C=C/CCCCCC. The summed E-state index contributed by atoms with van der Waals surface area (Å²) in [7, 11) is -4.35. The largest absolute Gasteiger partial charge is 0.387 e. The first kappa shape index (κ1) is 41.3. The van der Waals surface area contributed by atoms with E-state index in [0.29, 0.717) is 6.42 Å². The van der Waals surface area contributed by atoms with Gasteiger partial charge >= 0.3 is 0 Å². The average molecular weight is 630 g/mol. The summed E-state index contributed by atoms with van der Waals surface area (Å²) in [6.45, 7) is 4.28. The number of rotatable bonds is 27. The molecule has 0 saturated heterocycles. The zero-order valence-corrected chi connectivity index (χ0v) is 28.0. The molecule has 0 fully saturated rings. The predicted octanol–water partition coefficient (Wildman–Crippen LogP) is 9.06. The van der Waals surface area contributed by atoms with Crippen molar-refractivity contribution in [2.24, 2.45) is 0 Å². The number of aliphatic hydroxyl groups excluding tert-OH is 1. The molecule has 44 heavy (non-hydrogen) atoms. The van der Waals surface area contributed by atoms with Crippen molar-refractivity contribution in [2.45, 2.75) is 122 Å². The molecule has 0 saturated carbocycles. The van der Waals surface area contributed by atoms with Crippen LogP contribution >= 0.6 is 0 Å². The van der Waals surface area contributed by atoms with Crippen LogP contribution in [0.3, 0.4) is 0 Å². The van der Waals surface area contributed by atoms with E-state index >= 15 is 0 Å². The normalized spacial score (nSPS) is 14.7. The Balaban J connectivity index is 4.08. The molecule has 2 unspecified atom stereocenters. The van der Waals surface area contributed by atoms with Gasteiger partial charge in [-0.05, 0) is 70.6 Å². The molecule has 0 radical (unpaired) electrons. The molecular formula is C37H59NO5S. The molecule has 248 valence electrons. The van der Waals surface area contributed by atoms with Gasteiger partial charge in [0.1, 0.15) is 0 Å². The van der Waals surface area contributed by atoms with Crippen LogP contribution in [0.2, 0.25) is 0 Å². The minimum Gasteiger partial charge on any atom is -0.387 e. The van der Waals surface area contributed by atoms with Crippen molar-refractivity contribution in [3.8, 4) is 0 Å². The van der Waals surface area contributed by atoms with Crippen molar-refractivity contribution in [1.82, 2.24) is 5.32 Å². The van der Waals surface area contributed by atoms with Gasteiger partial charge in [0.25, 0.3) is 10.1 Å². The van der Waals surface area contributed by atoms with Gasteiger partial charge in [-0.2, -0.15) is 8.42 Å². The van der Waals surface area contributed by atoms with E-state index in [1.807, 2.05) is 6.08 Å². The van der Waals surface area contributed by atoms with Crippen LogP contribution in [0.1, 0.15) is 110 Å². The van der Waals surface area contributed by atoms with Gasteiger partial charge in [-0.25, -0.2) is 0 Å². The first-order valence-corrected chi connectivity index (χ1v) is 18.0. The van der Waals surface area contributed by atoms with E-state index in [-0.39, 0.29) is 12.3 Å². The fraction of sp³-hybridized carbons (Fsp3) is 0.541. The smallest absolute Gasteiger partial charge is 0.267 e. The minimum atomic E-state index is -4.35. The lowest BCUT2D eigenvalue weighted by Crippen LogP contribution is -2.46. The van der Waals surface area contributed by atoms with Crippen molar-refractivity contribution in [2.75, 3.05) is 5.75 Å². The molecule has 2 atom stereocenters. The van der Waals surface area contributed by atoms with Crippen LogP contribution in [-0.4, -0.2) is 41.9 Å². The van der Waals surface area contributed by atoms with Gasteiger partial charge in [-0.1, -0.05) is 130 Å². The molecule has 0 spiro atoms. The highest BCUT2D eigenvalue weighted by Crippen LogP contribution is 2.07. The maximum absolute atomic E-state index is 12.3. The van der Waals surface area contributed by atoms with Crippen LogP contribution in [-0.2, 0) is 14.9 Å². The number of hydrogen-bond donors (Lipinski definition) is 3. The van der Waals surface area contributed by atoms with E-state index in [4.69, 9.17) is 0 Å². The second kappa shape index (κ2) is 30.3. The number of allylic oxidation sites excluding steroid dienone is 15. The summed E-state index contributed by atoms with van der Waals surface area (Å²) in [5.74, 6) is -1.08. The van der Waals surface area contributed by atoms with Gasteiger partial charge in [0.2, 0.25) is 5.91 Å². The molecule has 0 aliphatic carbocycles. The fourth-order valence-corrected chi connectivity index (χ4v) is 4.82. The van der Waals surface area contributed by atoms with E-state index in [9.17, 15) is 22.9 Å². The molecule has 0 heterocycles. The van der Waals surface area contributed by atoms with Crippen LogP contribution < -0.4 is 5.32 Å². The van der Waals surface area contributed by atoms with Gasteiger partial charge in [0.15, 0.2) is 0 Å². The van der Waals surface area contributed by atoms with Crippen molar-refractivity contribution in [3.05, 3.63) is 97.2 Å². The van der Waals surface area contributed by atoms with E-state index < -0.39 is 28.0 Å². The van der Waals surface area contributed by atoms with E-state index in [1.54, 1.807) is 6.08 Å². The third kappa shape index (κ3) is 30.7. The Kier molecular flexibility index (Phi) is 28.4. The number of nitrogens with one attached hydrogen (secondary N) is 1. The van der Waals surface area contributed by atoms with E-state index in [0.717, 1.165) is 83.5 Å². The van der Waals surface area contributed by atoms with Crippen molar-refractivity contribution in [3.63, 3.8) is 0 Å². The Bertz CT molecular complexity index is 1050. The highest BCUT2D eigenvalue weighted by atomic mass is 32.2. The Morgan fingerprint density at radius 2 is 1.09 bits per heavy atom. The number of amides is 1. The second-order valence-electron chi connectivity index (χ2n) is 10.7. The maximum Gasteiger partial charge on any atom is 0.267 e. The highest BCUT2D eigenvalue weighted by Gasteiger charge is 2.24. The molecule has 7 heteroatoms. The summed E-state index contributed by atoms with van der Waals surface area (Å²) in [5, 5.41) is 12.9. The molecule has 6 nitrogen and oxygen atoms in total. The second-order valence-corrected chi connectivity index (χ2v) is 12.2. The number of carbonyl (C=O) groups is 1. The predicted molar refractivity (Wildman–Crippen MR) is 188 cm³/mol. The number of hydrogen-bond acceptors (Lipinski definition) is 4. The molecule has 0 aliphatic rings. The molecule has 3 N–H and O–H groups in total. The molecule has 0 aromatic carbocycles. The van der Waals surface area contributed by atoms with Crippen LogP contribution in [0.4, 0.5) is 0 Å². The van der Waals surface area contributed by atoms with Crippen LogP contribution in [0.15, 0.2) is 97.2 Å². The molecule has 0 aromatic rings. The zero-order chi connectivity index (χ0) is 32.6. The van der Waals surface area contributed by atoms with Gasteiger partial charge in [-0.15, -0.1) is 0 Å². The first-order chi connectivity index (χ1) is 21.3. The quantitative estimate of drug-likeness (QED) is 0.0478. The Labute approximate surface area is 268 Å². The molecule has 0 aromatic heterocycles. The highest BCUT2D eigenvalue weighted by molar-refractivity contribution is 7.85. The monoisotopic (exact) mass is 629 g/mol.